The van der Waals surface area contributed by atoms with Gasteiger partial charge in [-0.25, -0.2) is 8.42 Å². The van der Waals surface area contributed by atoms with E-state index in [1.54, 1.807) is 67.6 Å². The zero-order valence-corrected chi connectivity index (χ0v) is 21.4. The lowest BCUT2D eigenvalue weighted by atomic mass is 10.1. The van der Waals surface area contributed by atoms with Gasteiger partial charge in [0.25, 0.3) is 15.9 Å². The molecule has 0 radical (unpaired) electrons. The summed E-state index contributed by atoms with van der Waals surface area (Å²) < 4.78 is 28.1. The first kappa shape index (κ1) is 26.2. The Kier molecular flexibility index (Phi) is 8.53. The molecule has 0 fully saturated rings. The molecule has 3 aromatic rings. The molecule has 3 rings (SSSR count). The Balaban J connectivity index is 1.95. The molecule has 0 spiro atoms. The number of carbonyl (C=O) groups is 2. The molecule has 9 heteroatoms. The number of sulfonamides is 1. The highest BCUT2D eigenvalue weighted by molar-refractivity contribution is 7.92. The van der Waals surface area contributed by atoms with Crippen molar-refractivity contribution in [3.63, 3.8) is 0 Å². The van der Waals surface area contributed by atoms with Crippen LogP contribution in [0.3, 0.4) is 0 Å². The number of amides is 2. The van der Waals surface area contributed by atoms with Crippen molar-refractivity contribution in [2.75, 3.05) is 16.2 Å². The summed E-state index contributed by atoms with van der Waals surface area (Å²) in [4.78, 5) is 25.9. The lowest BCUT2D eigenvalue weighted by molar-refractivity contribution is -0.114. The van der Waals surface area contributed by atoms with Crippen LogP contribution in [0, 0.1) is 6.92 Å². The molecule has 35 heavy (non-hydrogen) atoms. The van der Waals surface area contributed by atoms with Crippen LogP contribution in [0.2, 0.25) is 5.02 Å². The van der Waals surface area contributed by atoms with Gasteiger partial charge in [-0.15, -0.1) is 0 Å². The second-order valence-corrected chi connectivity index (χ2v) is 10.4. The fourth-order valence-electron chi connectivity index (χ4n) is 3.40. The Labute approximate surface area is 211 Å². The van der Waals surface area contributed by atoms with Crippen molar-refractivity contribution in [1.29, 1.82) is 0 Å². The van der Waals surface area contributed by atoms with Gasteiger partial charge in [-0.3, -0.25) is 13.9 Å². The van der Waals surface area contributed by atoms with Crippen molar-refractivity contribution >= 4 is 44.8 Å². The molecule has 0 aliphatic heterocycles. The number of hydrogen-bond acceptors (Lipinski definition) is 4. The van der Waals surface area contributed by atoms with E-state index in [4.69, 9.17) is 11.6 Å². The van der Waals surface area contributed by atoms with Gasteiger partial charge in [-0.2, -0.15) is 0 Å². The first-order chi connectivity index (χ1) is 16.6. The van der Waals surface area contributed by atoms with Crippen LogP contribution in [0.1, 0.15) is 36.2 Å². The van der Waals surface area contributed by atoms with E-state index < -0.39 is 22.5 Å². The molecule has 0 heterocycles. The predicted octanol–water partition coefficient (Wildman–Crippen LogP) is 5.01. The standard InChI is InChI=1S/C26H28ClN3O4S/c1-4-18(2)28-26(32)21-13-8-9-15-23(21)29-25(31)17-30(24-16-10-14-22(27)19(24)3)35(33,34)20-11-6-5-7-12-20/h5-16,18H,4,17H2,1-3H3,(H,28,32)(H,29,31)/t18-/m1/s1. The summed E-state index contributed by atoms with van der Waals surface area (Å²) >= 11 is 6.26. The van der Waals surface area contributed by atoms with E-state index in [-0.39, 0.29) is 28.1 Å². The summed E-state index contributed by atoms with van der Waals surface area (Å²) in [6, 6.07) is 19.3. The third kappa shape index (κ3) is 6.21. The first-order valence-corrected chi connectivity index (χ1v) is 13.0. The molecule has 0 bridgehead atoms. The minimum atomic E-state index is -4.09. The van der Waals surface area contributed by atoms with Crippen molar-refractivity contribution in [1.82, 2.24) is 5.32 Å². The van der Waals surface area contributed by atoms with Crippen LogP contribution < -0.4 is 14.9 Å². The molecule has 3 aromatic carbocycles. The summed E-state index contributed by atoms with van der Waals surface area (Å²) in [5.74, 6) is -0.928. The van der Waals surface area contributed by atoms with Crippen LogP contribution in [0.4, 0.5) is 11.4 Å². The summed E-state index contributed by atoms with van der Waals surface area (Å²) in [5, 5.41) is 5.95. The summed E-state index contributed by atoms with van der Waals surface area (Å²) in [6.45, 7) is 5.02. The van der Waals surface area contributed by atoms with Gasteiger partial charge in [0, 0.05) is 11.1 Å². The molecule has 0 aliphatic rings. The number of benzene rings is 3. The summed E-state index contributed by atoms with van der Waals surface area (Å²) in [6.07, 6.45) is 0.756. The van der Waals surface area contributed by atoms with E-state index in [0.29, 0.717) is 16.3 Å². The minimum Gasteiger partial charge on any atom is -0.350 e. The fraction of sp³-hybridized carbons (Fsp3) is 0.231. The highest BCUT2D eigenvalue weighted by Crippen LogP contribution is 2.31. The average Bonchev–Trinajstić information content (AvgIpc) is 2.85. The van der Waals surface area contributed by atoms with Gasteiger partial charge >= 0.3 is 0 Å². The Morgan fingerprint density at radius 1 is 0.971 bits per heavy atom. The average molecular weight is 514 g/mol. The fourth-order valence-corrected chi connectivity index (χ4v) is 5.07. The topological polar surface area (TPSA) is 95.6 Å². The van der Waals surface area contributed by atoms with Gasteiger partial charge in [0.15, 0.2) is 0 Å². The molecule has 0 aromatic heterocycles. The van der Waals surface area contributed by atoms with Crippen LogP contribution in [0.5, 0.6) is 0 Å². The first-order valence-electron chi connectivity index (χ1n) is 11.2. The van der Waals surface area contributed by atoms with E-state index in [9.17, 15) is 18.0 Å². The number of nitrogens with one attached hydrogen (secondary N) is 2. The molecule has 0 saturated heterocycles. The number of rotatable bonds is 9. The maximum absolute atomic E-state index is 13.6. The van der Waals surface area contributed by atoms with Crippen molar-refractivity contribution < 1.29 is 18.0 Å². The Hall–Kier alpha value is -3.36. The maximum Gasteiger partial charge on any atom is 0.264 e. The molecule has 2 N–H and O–H groups in total. The Morgan fingerprint density at radius 3 is 2.31 bits per heavy atom. The van der Waals surface area contributed by atoms with Gasteiger partial charge < -0.3 is 10.6 Å². The zero-order chi connectivity index (χ0) is 25.6. The van der Waals surface area contributed by atoms with Crippen molar-refractivity contribution in [2.24, 2.45) is 0 Å². The highest BCUT2D eigenvalue weighted by Gasteiger charge is 2.29. The number of carbonyl (C=O) groups excluding carboxylic acids is 2. The number of halogens is 1. The molecule has 0 unspecified atom stereocenters. The van der Waals surface area contributed by atoms with Gasteiger partial charge in [-0.05, 0) is 62.2 Å². The van der Waals surface area contributed by atoms with Crippen LogP contribution in [0.15, 0.2) is 77.7 Å². The van der Waals surface area contributed by atoms with Crippen LogP contribution >= 0.6 is 11.6 Å². The van der Waals surface area contributed by atoms with E-state index in [2.05, 4.69) is 10.6 Å². The number of para-hydroxylation sites is 1. The molecule has 0 aliphatic carbocycles. The van der Waals surface area contributed by atoms with E-state index in [1.807, 2.05) is 13.8 Å². The van der Waals surface area contributed by atoms with Crippen molar-refractivity contribution in [3.05, 3.63) is 88.9 Å². The van der Waals surface area contributed by atoms with Gasteiger partial charge in [-0.1, -0.05) is 54.9 Å². The lowest BCUT2D eigenvalue weighted by Crippen LogP contribution is -2.39. The predicted molar refractivity (Wildman–Crippen MR) is 139 cm³/mol. The number of nitrogens with zero attached hydrogens (tertiary/aromatic N) is 1. The number of hydrogen-bond donors (Lipinski definition) is 2. The maximum atomic E-state index is 13.6. The summed E-state index contributed by atoms with van der Waals surface area (Å²) in [7, 11) is -4.09. The normalized spacial score (nSPS) is 12.0. The SMILES string of the molecule is CC[C@@H](C)NC(=O)c1ccccc1NC(=O)CN(c1cccc(Cl)c1C)S(=O)(=O)c1ccccc1. The number of anilines is 2. The molecule has 184 valence electrons. The molecular formula is C26H28ClN3O4S. The quantitative estimate of drug-likeness (QED) is 0.420. The van der Waals surface area contributed by atoms with Gasteiger partial charge in [0.1, 0.15) is 6.54 Å². The van der Waals surface area contributed by atoms with E-state index >= 15 is 0 Å². The lowest BCUT2D eigenvalue weighted by Gasteiger charge is -2.26. The van der Waals surface area contributed by atoms with Crippen molar-refractivity contribution in [3.8, 4) is 0 Å². The summed E-state index contributed by atoms with van der Waals surface area (Å²) in [5.41, 5.74) is 1.39. The van der Waals surface area contributed by atoms with Gasteiger partial charge in [0.05, 0.1) is 21.8 Å². The Bertz CT molecular complexity index is 1310. The third-order valence-electron chi connectivity index (χ3n) is 5.56. The van der Waals surface area contributed by atoms with Crippen LogP contribution in [0.25, 0.3) is 0 Å². The molecule has 0 saturated carbocycles. The Morgan fingerprint density at radius 2 is 1.63 bits per heavy atom. The molecule has 1 atom stereocenters. The smallest absolute Gasteiger partial charge is 0.264 e. The van der Waals surface area contributed by atoms with Gasteiger partial charge in [0.2, 0.25) is 5.91 Å². The van der Waals surface area contributed by atoms with Crippen molar-refractivity contribution in [2.45, 2.75) is 38.1 Å². The second kappa shape index (κ2) is 11.4. The zero-order valence-electron chi connectivity index (χ0n) is 19.8. The van der Waals surface area contributed by atoms with E-state index in [0.717, 1.165) is 10.7 Å². The third-order valence-corrected chi connectivity index (χ3v) is 7.75. The highest BCUT2D eigenvalue weighted by atomic mass is 35.5. The van der Waals surface area contributed by atoms with Crippen LogP contribution in [-0.2, 0) is 14.8 Å². The monoisotopic (exact) mass is 513 g/mol. The minimum absolute atomic E-state index is 0.0384. The van der Waals surface area contributed by atoms with Crippen LogP contribution in [-0.4, -0.2) is 32.8 Å². The van der Waals surface area contributed by atoms with E-state index in [1.165, 1.54) is 12.1 Å². The molecule has 2 amide bonds. The molecule has 7 nitrogen and oxygen atoms in total. The molecular weight excluding hydrogens is 486 g/mol. The second-order valence-electron chi connectivity index (χ2n) is 8.09. The largest absolute Gasteiger partial charge is 0.350 e.